The van der Waals surface area contributed by atoms with E-state index in [1.165, 1.54) is 50.0 Å². The van der Waals surface area contributed by atoms with E-state index in [0.717, 1.165) is 12.6 Å². The van der Waals surface area contributed by atoms with Crippen LogP contribution in [0.5, 0.6) is 0 Å². The number of aryl methyl sites for hydroxylation is 1. The van der Waals surface area contributed by atoms with Crippen LogP contribution < -0.4 is 5.32 Å². The fourth-order valence-electron chi connectivity index (χ4n) is 3.28. The van der Waals surface area contributed by atoms with Crippen LogP contribution in [-0.2, 0) is 6.54 Å². The number of rotatable bonds is 3. The smallest absolute Gasteiger partial charge is 0.0535 e. The molecule has 2 aliphatic rings. The molecule has 2 saturated heterocycles. The Labute approximate surface area is 103 Å². The zero-order valence-electron chi connectivity index (χ0n) is 10.6. The zero-order chi connectivity index (χ0) is 11.7. The minimum absolute atomic E-state index is 0.685. The Morgan fingerprint density at radius 2 is 2.35 bits per heavy atom. The summed E-state index contributed by atoms with van der Waals surface area (Å²) in [7, 11) is 0. The van der Waals surface area contributed by atoms with E-state index < -0.39 is 0 Å². The summed E-state index contributed by atoms with van der Waals surface area (Å²) in [5, 5.41) is 10.8. The van der Waals surface area contributed by atoms with Crippen LogP contribution in [0.1, 0.15) is 36.9 Å². The van der Waals surface area contributed by atoms with Gasteiger partial charge in [0.05, 0.1) is 6.20 Å². The molecule has 17 heavy (non-hydrogen) atoms. The average molecular weight is 234 g/mol. The maximum absolute atomic E-state index is 4.07. The van der Waals surface area contributed by atoms with Gasteiger partial charge in [0.2, 0.25) is 0 Å². The molecule has 4 nitrogen and oxygen atoms in total. The van der Waals surface area contributed by atoms with Gasteiger partial charge in [0.1, 0.15) is 0 Å². The van der Waals surface area contributed by atoms with Gasteiger partial charge in [-0.2, -0.15) is 5.10 Å². The normalized spacial score (nSPS) is 29.5. The Morgan fingerprint density at radius 1 is 1.41 bits per heavy atom. The minimum Gasteiger partial charge on any atom is -0.308 e. The van der Waals surface area contributed by atoms with Crippen LogP contribution >= 0.6 is 0 Å². The van der Waals surface area contributed by atoms with Crippen molar-refractivity contribution in [2.45, 2.75) is 51.2 Å². The molecule has 0 amide bonds. The van der Waals surface area contributed by atoms with Crippen LogP contribution in [0.4, 0.5) is 0 Å². The van der Waals surface area contributed by atoms with Crippen molar-refractivity contribution in [2.24, 2.45) is 0 Å². The molecule has 3 rings (SSSR count). The number of nitrogens with one attached hydrogen (secondary N) is 2. The van der Waals surface area contributed by atoms with Crippen LogP contribution in [0.25, 0.3) is 0 Å². The number of aromatic nitrogens is 2. The lowest BCUT2D eigenvalue weighted by atomic mass is 9.99. The number of fused-ring (bicyclic) bond motifs is 1. The molecule has 1 aromatic heterocycles. The van der Waals surface area contributed by atoms with E-state index in [1.54, 1.807) is 0 Å². The standard InChI is InChI=1S/C13H22N4/c1-10-11(9-15-16-10)8-14-12-5-7-17-6-3-2-4-13(12)17/h9,12-14H,2-8H2,1H3,(H,15,16)/t12-,13-/m1/s1. The van der Waals surface area contributed by atoms with E-state index in [4.69, 9.17) is 0 Å². The third-order valence-corrected chi connectivity index (χ3v) is 4.35. The first-order chi connectivity index (χ1) is 8.34. The van der Waals surface area contributed by atoms with Gasteiger partial charge >= 0.3 is 0 Å². The van der Waals surface area contributed by atoms with Crippen LogP contribution in [0.2, 0.25) is 0 Å². The summed E-state index contributed by atoms with van der Waals surface area (Å²) in [6.07, 6.45) is 7.42. The Hall–Kier alpha value is -0.870. The summed E-state index contributed by atoms with van der Waals surface area (Å²) in [5.41, 5.74) is 2.50. The molecule has 0 saturated carbocycles. The third kappa shape index (κ3) is 2.24. The summed E-state index contributed by atoms with van der Waals surface area (Å²) in [6, 6.07) is 1.47. The number of piperidine rings is 1. The maximum Gasteiger partial charge on any atom is 0.0535 e. The predicted molar refractivity (Wildman–Crippen MR) is 67.8 cm³/mol. The number of hydrogen-bond donors (Lipinski definition) is 2. The van der Waals surface area contributed by atoms with Crippen molar-refractivity contribution in [3.63, 3.8) is 0 Å². The molecule has 2 atom stereocenters. The van der Waals surface area contributed by atoms with Crippen LogP contribution in [-0.4, -0.2) is 40.3 Å². The Balaban J connectivity index is 1.57. The summed E-state index contributed by atoms with van der Waals surface area (Å²) < 4.78 is 0. The summed E-state index contributed by atoms with van der Waals surface area (Å²) >= 11 is 0. The van der Waals surface area contributed by atoms with Gasteiger partial charge < -0.3 is 5.32 Å². The third-order valence-electron chi connectivity index (χ3n) is 4.35. The van der Waals surface area contributed by atoms with Gasteiger partial charge in [0.25, 0.3) is 0 Å². The van der Waals surface area contributed by atoms with E-state index in [9.17, 15) is 0 Å². The average Bonchev–Trinajstić information content (AvgIpc) is 2.93. The van der Waals surface area contributed by atoms with E-state index in [-0.39, 0.29) is 0 Å². The first-order valence-corrected chi connectivity index (χ1v) is 6.81. The molecule has 0 unspecified atom stereocenters. The van der Waals surface area contributed by atoms with Crippen LogP contribution in [0.15, 0.2) is 6.20 Å². The second-order valence-electron chi connectivity index (χ2n) is 5.40. The lowest BCUT2D eigenvalue weighted by Crippen LogP contribution is -2.44. The second kappa shape index (κ2) is 4.78. The highest BCUT2D eigenvalue weighted by Crippen LogP contribution is 2.27. The first-order valence-electron chi connectivity index (χ1n) is 6.81. The van der Waals surface area contributed by atoms with Gasteiger partial charge in [-0.3, -0.25) is 10.00 Å². The SMILES string of the molecule is Cc1[nH]ncc1CN[C@@H]1CCN2CCCC[C@H]12. The highest BCUT2D eigenvalue weighted by Gasteiger charge is 2.34. The number of nitrogens with zero attached hydrogens (tertiary/aromatic N) is 2. The molecule has 0 aliphatic carbocycles. The molecule has 2 fully saturated rings. The minimum atomic E-state index is 0.685. The predicted octanol–water partition coefficient (Wildman–Crippen LogP) is 1.43. The van der Waals surface area contributed by atoms with Crippen molar-refractivity contribution >= 4 is 0 Å². The summed E-state index contributed by atoms with van der Waals surface area (Å²) in [4.78, 5) is 2.67. The Morgan fingerprint density at radius 3 is 3.18 bits per heavy atom. The number of hydrogen-bond acceptors (Lipinski definition) is 3. The molecule has 2 N–H and O–H groups in total. The van der Waals surface area contributed by atoms with Crippen molar-refractivity contribution in [3.8, 4) is 0 Å². The molecule has 1 aromatic rings. The topological polar surface area (TPSA) is 44.0 Å². The molecule has 0 bridgehead atoms. The van der Waals surface area contributed by atoms with Crippen LogP contribution in [0.3, 0.4) is 0 Å². The van der Waals surface area contributed by atoms with Crippen molar-refractivity contribution in [1.29, 1.82) is 0 Å². The fraction of sp³-hybridized carbons (Fsp3) is 0.769. The molecule has 94 valence electrons. The maximum atomic E-state index is 4.07. The molecule has 0 radical (unpaired) electrons. The quantitative estimate of drug-likeness (QED) is 0.831. The van der Waals surface area contributed by atoms with E-state index in [0.29, 0.717) is 6.04 Å². The lowest BCUT2D eigenvalue weighted by Gasteiger charge is -2.32. The van der Waals surface area contributed by atoms with Gasteiger partial charge in [0, 0.05) is 36.4 Å². The Kier molecular flexibility index (Phi) is 3.16. The van der Waals surface area contributed by atoms with E-state index in [1.807, 2.05) is 6.20 Å². The fourth-order valence-corrected chi connectivity index (χ4v) is 3.28. The van der Waals surface area contributed by atoms with E-state index >= 15 is 0 Å². The molecular formula is C13H22N4. The number of aromatic amines is 1. The molecule has 3 heterocycles. The summed E-state index contributed by atoms with van der Waals surface area (Å²) in [5.74, 6) is 0. The second-order valence-corrected chi connectivity index (χ2v) is 5.40. The monoisotopic (exact) mass is 234 g/mol. The summed E-state index contributed by atoms with van der Waals surface area (Å²) in [6.45, 7) is 5.64. The highest BCUT2D eigenvalue weighted by molar-refractivity contribution is 5.14. The van der Waals surface area contributed by atoms with Gasteiger partial charge in [-0.05, 0) is 32.7 Å². The van der Waals surface area contributed by atoms with Gasteiger partial charge in [-0.1, -0.05) is 6.42 Å². The van der Waals surface area contributed by atoms with E-state index in [2.05, 4.69) is 27.3 Å². The van der Waals surface area contributed by atoms with Crippen LogP contribution in [0, 0.1) is 6.92 Å². The lowest BCUT2D eigenvalue weighted by molar-refractivity contribution is 0.180. The first kappa shape index (κ1) is 11.2. The molecule has 0 aromatic carbocycles. The highest BCUT2D eigenvalue weighted by atomic mass is 15.2. The molecule has 4 heteroatoms. The van der Waals surface area contributed by atoms with Crippen molar-refractivity contribution < 1.29 is 0 Å². The van der Waals surface area contributed by atoms with Gasteiger partial charge in [0.15, 0.2) is 0 Å². The van der Waals surface area contributed by atoms with Crippen molar-refractivity contribution in [3.05, 3.63) is 17.5 Å². The largest absolute Gasteiger partial charge is 0.308 e. The molecular weight excluding hydrogens is 212 g/mol. The van der Waals surface area contributed by atoms with Gasteiger partial charge in [-0.25, -0.2) is 0 Å². The van der Waals surface area contributed by atoms with Gasteiger partial charge in [-0.15, -0.1) is 0 Å². The molecule has 2 aliphatic heterocycles. The molecule has 0 spiro atoms. The Bertz CT molecular complexity index is 373. The van der Waals surface area contributed by atoms with Crippen molar-refractivity contribution in [2.75, 3.05) is 13.1 Å². The number of H-pyrrole nitrogens is 1. The van der Waals surface area contributed by atoms with Crippen molar-refractivity contribution in [1.82, 2.24) is 20.4 Å². The zero-order valence-corrected chi connectivity index (χ0v) is 10.6.